The van der Waals surface area contributed by atoms with Gasteiger partial charge in [0, 0.05) is 30.4 Å². The second-order valence-electron chi connectivity index (χ2n) is 8.41. The highest BCUT2D eigenvalue weighted by Gasteiger charge is 2.47. The Labute approximate surface area is 194 Å². The Balaban J connectivity index is 1.38. The fraction of sp³-hybridized carbons (Fsp3) is 0.333. The fourth-order valence-corrected chi connectivity index (χ4v) is 4.15. The van der Waals surface area contributed by atoms with Gasteiger partial charge in [0.25, 0.3) is 5.92 Å². The molecule has 1 aliphatic carbocycles. The molecular formula is C24H23F3N4O3. The first kappa shape index (κ1) is 23.5. The van der Waals surface area contributed by atoms with E-state index >= 15 is 0 Å². The highest BCUT2D eigenvalue weighted by molar-refractivity contribution is 5.91. The quantitative estimate of drug-likeness (QED) is 0.410. The number of carbonyl (C=O) groups is 1. The number of pyridine rings is 1. The van der Waals surface area contributed by atoms with Crippen molar-refractivity contribution in [1.29, 1.82) is 0 Å². The third-order valence-corrected chi connectivity index (χ3v) is 6.16. The van der Waals surface area contributed by atoms with Crippen molar-refractivity contribution in [3.05, 3.63) is 77.8 Å². The van der Waals surface area contributed by atoms with E-state index in [1.807, 2.05) is 0 Å². The molecule has 1 saturated carbocycles. The lowest BCUT2D eigenvalue weighted by Crippen LogP contribution is -2.38. The second kappa shape index (κ2) is 9.66. The van der Waals surface area contributed by atoms with Crippen LogP contribution in [0.15, 0.2) is 61.2 Å². The summed E-state index contributed by atoms with van der Waals surface area (Å²) >= 11 is 0. The van der Waals surface area contributed by atoms with Gasteiger partial charge in [0.05, 0.1) is 12.4 Å². The smallest absolute Gasteiger partial charge is 0.254 e. The maximum absolute atomic E-state index is 14.6. The number of hydrogen-bond donors (Lipinski definition) is 1. The van der Waals surface area contributed by atoms with Crippen molar-refractivity contribution >= 4 is 11.7 Å². The predicted octanol–water partition coefficient (Wildman–Crippen LogP) is 4.84. The number of rotatable bonds is 6. The van der Waals surface area contributed by atoms with E-state index in [1.54, 1.807) is 6.92 Å². The van der Waals surface area contributed by atoms with E-state index in [9.17, 15) is 23.2 Å². The van der Waals surface area contributed by atoms with E-state index in [2.05, 4.69) is 15.3 Å². The van der Waals surface area contributed by atoms with Crippen molar-refractivity contribution in [3.8, 4) is 11.6 Å². The van der Waals surface area contributed by atoms with Gasteiger partial charge in [0.1, 0.15) is 11.6 Å². The van der Waals surface area contributed by atoms with Gasteiger partial charge in [-0.2, -0.15) is 4.73 Å². The Kier molecular flexibility index (Phi) is 6.67. The molecule has 1 unspecified atom stereocenters. The number of hydrogen-bond acceptors (Lipinski definition) is 5. The molecule has 2 heterocycles. The molecule has 1 aliphatic rings. The summed E-state index contributed by atoms with van der Waals surface area (Å²) in [6.07, 6.45) is 5.05. The summed E-state index contributed by atoms with van der Waals surface area (Å²) in [6, 6.07) is 8.21. The lowest BCUT2D eigenvalue weighted by atomic mass is 9.71. The number of aromatic nitrogens is 3. The van der Waals surface area contributed by atoms with Crippen molar-refractivity contribution in [2.75, 3.05) is 5.32 Å². The highest BCUT2D eigenvalue weighted by Crippen LogP contribution is 2.48. The summed E-state index contributed by atoms with van der Waals surface area (Å²) in [5.41, 5.74) is 0.386. The summed E-state index contributed by atoms with van der Waals surface area (Å²) in [5, 5.41) is 13.9. The van der Waals surface area contributed by atoms with E-state index in [0.29, 0.717) is 16.0 Å². The molecule has 0 saturated heterocycles. The topological polar surface area (TPSA) is 91.0 Å². The number of anilines is 1. The normalized spacial score (nSPS) is 20.4. The van der Waals surface area contributed by atoms with Crippen LogP contribution in [0.25, 0.3) is 0 Å². The van der Waals surface area contributed by atoms with Gasteiger partial charge >= 0.3 is 0 Å². The van der Waals surface area contributed by atoms with Crippen LogP contribution >= 0.6 is 0 Å². The van der Waals surface area contributed by atoms with Crippen molar-refractivity contribution in [1.82, 2.24) is 9.97 Å². The zero-order chi connectivity index (χ0) is 24.3. The van der Waals surface area contributed by atoms with Gasteiger partial charge in [-0.15, -0.1) is 0 Å². The molecule has 1 N–H and O–H groups in total. The molecule has 7 nitrogen and oxygen atoms in total. The SMILES string of the molecule is CC(C(=O)Nc1cnc(Oc2ccc(F)cc2)cn1)[C@H]1CCC(F)(F)[C@@H](c2cc[n+]([O-])cc2)C1. The van der Waals surface area contributed by atoms with E-state index in [-0.39, 0.29) is 42.8 Å². The molecule has 1 aromatic carbocycles. The number of amides is 1. The third-order valence-electron chi connectivity index (χ3n) is 6.16. The largest absolute Gasteiger partial charge is 0.619 e. The Morgan fingerprint density at radius 2 is 1.88 bits per heavy atom. The van der Waals surface area contributed by atoms with E-state index in [4.69, 9.17) is 4.74 Å². The lowest BCUT2D eigenvalue weighted by Gasteiger charge is -2.38. The highest BCUT2D eigenvalue weighted by atomic mass is 19.3. The first-order valence-electron chi connectivity index (χ1n) is 10.8. The number of nitrogens with one attached hydrogen (secondary N) is 1. The van der Waals surface area contributed by atoms with Crippen LogP contribution in [0.2, 0.25) is 0 Å². The summed E-state index contributed by atoms with van der Waals surface area (Å²) in [4.78, 5) is 21.0. The average molecular weight is 472 g/mol. The van der Waals surface area contributed by atoms with Crippen molar-refractivity contribution in [3.63, 3.8) is 0 Å². The average Bonchev–Trinajstić information content (AvgIpc) is 2.82. The molecule has 0 spiro atoms. The summed E-state index contributed by atoms with van der Waals surface area (Å²) in [6.45, 7) is 1.70. The first-order valence-corrected chi connectivity index (χ1v) is 10.8. The first-order chi connectivity index (χ1) is 16.2. The van der Waals surface area contributed by atoms with Gasteiger partial charge < -0.3 is 15.3 Å². The maximum Gasteiger partial charge on any atom is 0.254 e. The van der Waals surface area contributed by atoms with Crippen LogP contribution in [-0.2, 0) is 4.79 Å². The minimum Gasteiger partial charge on any atom is -0.619 e. The number of carbonyl (C=O) groups excluding carboxylic acids is 1. The lowest BCUT2D eigenvalue weighted by molar-refractivity contribution is -0.605. The molecule has 1 amide bonds. The molecular weight excluding hydrogens is 449 g/mol. The van der Waals surface area contributed by atoms with Crippen LogP contribution in [-0.4, -0.2) is 21.8 Å². The van der Waals surface area contributed by atoms with E-state index in [0.717, 1.165) is 0 Å². The second-order valence-corrected chi connectivity index (χ2v) is 8.41. The zero-order valence-electron chi connectivity index (χ0n) is 18.3. The number of halogens is 3. The summed E-state index contributed by atoms with van der Waals surface area (Å²) in [5.74, 6) is -4.77. The number of ether oxygens (including phenoxy) is 1. The standard InChI is InChI=1S/C24H23F3N4O3/c1-15(17-6-9-24(26,27)20(12-17)16-7-10-31(33)11-8-16)23(32)30-21-13-29-22(14-28-21)34-19-4-2-18(25)3-5-19/h2-5,7-8,10-11,13-15,17,20H,6,9,12H2,1H3,(H,28,30,32)/t15?,17-,20+/m0/s1. The van der Waals surface area contributed by atoms with Gasteiger partial charge in [-0.1, -0.05) is 6.92 Å². The van der Waals surface area contributed by atoms with E-state index < -0.39 is 23.6 Å². The summed E-state index contributed by atoms with van der Waals surface area (Å²) < 4.78 is 48.2. The van der Waals surface area contributed by atoms with Crippen LogP contribution in [0.5, 0.6) is 11.6 Å². The van der Waals surface area contributed by atoms with Crippen LogP contribution in [0.3, 0.4) is 0 Å². The van der Waals surface area contributed by atoms with Crippen LogP contribution < -0.4 is 14.8 Å². The molecule has 10 heteroatoms. The van der Waals surface area contributed by atoms with Gasteiger partial charge in [-0.05, 0) is 48.6 Å². The van der Waals surface area contributed by atoms with Crippen LogP contribution in [0.4, 0.5) is 19.0 Å². The van der Waals surface area contributed by atoms with Gasteiger partial charge in [0.2, 0.25) is 11.8 Å². The molecule has 4 rings (SSSR count). The molecule has 0 aliphatic heterocycles. The molecule has 3 aromatic rings. The van der Waals surface area contributed by atoms with Gasteiger partial charge in [-0.25, -0.2) is 23.1 Å². The third kappa shape index (κ3) is 5.44. The number of nitrogens with zero attached hydrogens (tertiary/aromatic N) is 3. The minimum atomic E-state index is -2.91. The molecule has 3 atom stereocenters. The van der Waals surface area contributed by atoms with Gasteiger partial charge in [-0.3, -0.25) is 4.79 Å². The maximum atomic E-state index is 14.6. The Morgan fingerprint density at radius 3 is 2.53 bits per heavy atom. The Morgan fingerprint density at radius 1 is 1.18 bits per heavy atom. The minimum absolute atomic E-state index is 0.126. The Hall–Kier alpha value is -3.69. The van der Waals surface area contributed by atoms with Crippen molar-refractivity contribution in [2.45, 2.75) is 38.0 Å². The molecule has 0 radical (unpaired) electrons. The van der Waals surface area contributed by atoms with Crippen LogP contribution in [0.1, 0.15) is 37.7 Å². The molecule has 1 fully saturated rings. The van der Waals surface area contributed by atoms with Crippen LogP contribution in [0, 0.1) is 22.9 Å². The molecule has 34 heavy (non-hydrogen) atoms. The van der Waals surface area contributed by atoms with E-state index in [1.165, 1.54) is 61.2 Å². The molecule has 2 aromatic heterocycles. The summed E-state index contributed by atoms with van der Waals surface area (Å²) in [7, 11) is 0. The monoisotopic (exact) mass is 472 g/mol. The Bertz CT molecular complexity index is 1130. The fourth-order valence-electron chi connectivity index (χ4n) is 4.15. The molecule has 178 valence electrons. The molecule has 0 bridgehead atoms. The predicted molar refractivity (Wildman–Crippen MR) is 117 cm³/mol. The van der Waals surface area contributed by atoms with Crippen molar-refractivity contribution in [2.24, 2.45) is 11.8 Å². The zero-order valence-corrected chi connectivity index (χ0v) is 18.3. The number of benzene rings is 1. The van der Waals surface area contributed by atoms with Gasteiger partial charge in [0.15, 0.2) is 18.2 Å². The number of alkyl halides is 2. The van der Waals surface area contributed by atoms with Crippen molar-refractivity contribution < 1.29 is 27.4 Å².